The van der Waals surface area contributed by atoms with E-state index >= 15 is 0 Å². The fourth-order valence-electron chi connectivity index (χ4n) is 1.07. The summed E-state index contributed by atoms with van der Waals surface area (Å²) in [5.74, 6) is 0.544. The highest BCUT2D eigenvalue weighted by atomic mass is 32.2. The third-order valence-corrected chi connectivity index (χ3v) is 2.66. The second kappa shape index (κ2) is 4.41. The number of aryl methyl sites for hydroxylation is 1. The maximum Gasteiger partial charge on any atom is 0.282 e. The lowest BCUT2D eigenvalue weighted by atomic mass is 10.3. The average molecular weight is 222 g/mol. The van der Waals surface area contributed by atoms with Crippen LogP contribution in [0.1, 0.15) is 11.5 Å². The molecule has 2 aromatic heterocycles. The summed E-state index contributed by atoms with van der Waals surface area (Å²) in [4.78, 5) is 4.21. The summed E-state index contributed by atoms with van der Waals surface area (Å²) in [5, 5.41) is 8.92. The Balaban J connectivity index is 2.23. The summed E-state index contributed by atoms with van der Waals surface area (Å²) in [7, 11) is 0. The number of pyridine rings is 1. The SMILES string of the molecule is Cc1nnc(Sc2ncccc2CN)o1. The highest BCUT2D eigenvalue weighted by molar-refractivity contribution is 7.99. The third kappa shape index (κ3) is 2.34. The molecule has 5 nitrogen and oxygen atoms in total. The van der Waals surface area contributed by atoms with Gasteiger partial charge in [-0.3, -0.25) is 0 Å². The number of hydrogen-bond acceptors (Lipinski definition) is 6. The number of aromatic nitrogens is 3. The zero-order valence-corrected chi connectivity index (χ0v) is 8.99. The molecule has 2 rings (SSSR count). The van der Waals surface area contributed by atoms with Crippen LogP contribution in [0.25, 0.3) is 0 Å². The van der Waals surface area contributed by atoms with E-state index in [2.05, 4.69) is 15.2 Å². The number of hydrogen-bond donors (Lipinski definition) is 1. The van der Waals surface area contributed by atoms with Crippen molar-refractivity contribution in [2.45, 2.75) is 23.7 Å². The maximum atomic E-state index is 5.59. The normalized spacial score (nSPS) is 10.5. The van der Waals surface area contributed by atoms with Gasteiger partial charge in [-0.25, -0.2) is 4.98 Å². The Morgan fingerprint density at radius 3 is 3.00 bits per heavy atom. The molecule has 78 valence electrons. The van der Waals surface area contributed by atoms with Crippen LogP contribution in [0.5, 0.6) is 0 Å². The van der Waals surface area contributed by atoms with Crippen molar-refractivity contribution < 1.29 is 4.42 Å². The molecule has 0 unspecified atom stereocenters. The average Bonchev–Trinajstić information content (AvgIpc) is 2.65. The van der Waals surface area contributed by atoms with E-state index in [1.165, 1.54) is 11.8 Å². The van der Waals surface area contributed by atoms with Gasteiger partial charge in [-0.2, -0.15) is 0 Å². The molecule has 0 spiro atoms. The molecule has 0 aliphatic rings. The van der Waals surface area contributed by atoms with Crippen LogP contribution < -0.4 is 5.73 Å². The highest BCUT2D eigenvalue weighted by Gasteiger charge is 2.08. The van der Waals surface area contributed by atoms with Crippen molar-refractivity contribution in [1.29, 1.82) is 0 Å². The summed E-state index contributed by atoms with van der Waals surface area (Å²) in [6, 6.07) is 3.78. The van der Waals surface area contributed by atoms with Gasteiger partial charge in [0, 0.05) is 19.7 Å². The van der Waals surface area contributed by atoms with Crippen LogP contribution in [0, 0.1) is 6.92 Å². The fourth-order valence-corrected chi connectivity index (χ4v) is 1.88. The summed E-state index contributed by atoms with van der Waals surface area (Å²) < 4.78 is 5.25. The first kappa shape index (κ1) is 10.1. The van der Waals surface area contributed by atoms with Gasteiger partial charge >= 0.3 is 0 Å². The molecule has 2 N–H and O–H groups in total. The minimum atomic E-state index is 0.448. The van der Waals surface area contributed by atoms with E-state index in [0.29, 0.717) is 17.7 Å². The second-order valence-corrected chi connectivity index (χ2v) is 3.80. The first-order valence-corrected chi connectivity index (χ1v) is 5.23. The molecule has 2 heterocycles. The van der Waals surface area contributed by atoms with Crippen LogP contribution in [-0.4, -0.2) is 15.2 Å². The van der Waals surface area contributed by atoms with E-state index in [1.54, 1.807) is 13.1 Å². The monoisotopic (exact) mass is 222 g/mol. The van der Waals surface area contributed by atoms with Gasteiger partial charge < -0.3 is 10.2 Å². The number of nitrogens with two attached hydrogens (primary N) is 1. The van der Waals surface area contributed by atoms with Crippen LogP contribution in [-0.2, 0) is 6.54 Å². The van der Waals surface area contributed by atoms with Crippen molar-refractivity contribution in [3.63, 3.8) is 0 Å². The third-order valence-electron chi connectivity index (χ3n) is 1.76. The van der Waals surface area contributed by atoms with Gasteiger partial charge in [-0.05, 0) is 23.4 Å². The summed E-state index contributed by atoms with van der Waals surface area (Å²) in [6.07, 6.45) is 1.71. The van der Waals surface area contributed by atoms with E-state index < -0.39 is 0 Å². The van der Waals surface area contributed by atoms with Gasteiger partial charge in [0.05, 0.1) is 0 Å². The van der Waals surface area contributed by atoms with Crippen LogP contribution in [0.15, 0.2) is 33.0 Å². The Kier molecular flexibility index (Phi) is 2.98. The van der Waals surface area contributed by atoms with Gasteiger partial charge in [0.25, 0.3) is 5.22 Å². The van der Waals surface area contributed by atoms with Crippen LogP contribution in [0.4, 0.5) is 0 Å². The smallest absolute Gasteiger partial charge is 0.282 e. The Bertz CT molecular complexity index is 457. The molecule has 0 fully saturated rings. The Morgan fingerprint density at radius 2 is 2.33 bits per heavy atom. The predicted octanol–water partition coefficient (Wildman–Crippen LogP) is 1.38. The van der Waals surface area contributed by atoms with Gasteiger partial charge in [-0.1, -0.05) is 6.07 Å². The number of rotatable bonds is 3. The minimum Gasteiger partial charge on any atom is -0.416 e. The lowest BCUT2D eigenvalue weighted by molar-refractivity contribution is 0.429. The largest absolute Gasteiger partial charge is 0.416 e. The van der Waals surface area contributed by atoms with Gasteiger partial charge in [0.1, 0.15) is 5.03 Å². The molecule has 0 radical (unpaired) electrons. The van der Waals surface area contributed by atoms with E-state index in [-0.39, 0.29) is 0 Å². The van der Waals surface area contributed by atoms with Crippen molar-refractivity contribution in [3.8, 4) is 0 Å². The quantitative estimate of drug-likeness (QED) is 0.845. The molecule has 0 bridgehead atoms. The molecule has 2 aromatic rings. The highest BCUT2D eigenvalue weighted by Crippen LogP contribution is 2.26. The molecule has 0 saturated heterocycles. The topological polar surface area (TPSA) is 77.8 Å². The van der Waals surface area contributed by atoms with Crippen molar-refractivity contribution >= 4 is 11.8 Å². The van der Waals surface area contributed by atoms with Crippen molar-refractivity contribution in [2.24, 2.45) is 5.73 Å². The molecule has 0 saturated carbocycles. The molecular weight excluding hydrogens is 212 g/mol. The van der Waals surface area contributed by atoms with Gasteiger partial charge in [0.15, 0.2) is 0 Å². The maximum absolute atomic E-state index is 5.59. The molecule has 15 heavy (non-hydrogen) atoms. The van der Waals surface area contributed by atoms with E-state index in [4.69, 9.17) is 10.2 Å². The Labute approximate surface area is 91.1 Å². The Hall–Kier alpha value is -1.40. The molecule has 0 amide bonds. The van der Waals surface area contributed by atoms with Crippen molar-refractivity contribution in [1.82, 2.24) is 15.2 Å². The standard InChI is InChI=1S/C9H10N4OS/c1-6-12-13-9(14-6)15-8-7(5-10)3-2-4-11-8/h2-4H,5,10H2,1H3. The van der Waals surface area contributed by atoms with Crippen LogP contribution in [0.3, 0.4) is 0 Å². The van der Waals surface area contributed by atoms with Crippen molar-refractivity contribution in [3.05, 3.63) is 29.8 Å². The van der Waals surface area contributed by atoms with E-state index in [9.17, 15) is 0 Å². The lowest BCUT2D eigenvalue weighted by Gasteiger charge is -2.01. The van der Waals surface area contributed by atoms with E-state index in [0.717, 1.165) is 10.6 Å². The van der Waals surface area contributed by atoms with Crippen LogP contribution >= 0.6 is 11.8 Å². The summed E-state index contributed by atoms with van der Waals surface area (Å²) in [6.45, 7) is 2.20. The zero-order chi connectivity index (χ0) is 10.7. The molecule has 0 aliphatic heterocycles. The zero-order valence-electron chi connectivity index (χ0n) is 8.17. The minimum absolute atomic E-state index is 0.448. The molecular formula is C9H10N4OS. The van der Waals surface area contributed by atoms with E-state index in [1.807, 2.05) is 12.1 Å². The predicted molar refractivity (Wildman–Crippen MR) is 55.3 cm³/mol. The van der Waals surface area contributed by atoms with Gasteiger partial charge in [0.2, 0.25) is 5.89 Å². The second-order valence-electron chi connectivity index (χ2n) is 2.86. The number of nitrogens with zero attached hydrogens (tertiary/aromatic N) is 3. The van der Waals surface area contributed by atoms with Crippen LogP contribution in [0.2, 0.25) is 0 Å². The molecule has 0 atom stereocenters. The Morgan fingerprint density at radius 1 is 1.47 bits per heavy atom. The molecule has 0 aromatic carbocycles. The summed E-state index contributed by atoms with van der Waals surface area (Å²) >= 11 is 1.33. The first-order valence-electron chi connectivity index (χ1n) is 4.41. The summed E-state index contributed by atoms with van der Waals surface area (Å²) in [5.41, 5.74) is 6.56. The van der Waals surface area contributed by atoms with Gasteiger partial charge in [-0.15, -0.1) is 10.2 Å². The fraction of sp³-hybridized carbons (Fsp3) is 0.222. The lowest BCUT2D eigenvalue weighted by Crippen LogP contribution is -1.99. The first-order chi connectivity index (χ1) is 7.29. The van der Waals surface area contributed by atoms with Crippen molar-refractivity contribution in [2.75, 3.05) is 0 Å². The molecule has 6 heteroatoms. The molecule has 0 aliphatic carbocycles.